The molecule has 148 valence electrons. The van der Waals surface area contributed by atoms with Gasteiger partial charge in [-0.05, 0) is 18.2 Å². The van der Waals surface area contributed by atoms with Crippen LogP contribution in [-0.2, 0) is 9.53 Å². The minimum atomic E-state index is -0.522. The van der Waals surface area contributed by atoms with Crippen LogP contribution in [0.15, 0.2) is 36.7 Å². The Balaban J connectivity index is 0.00000280. The average molecular weight is 426 g/mol. The highest BCUT2D eigenvalue weighted by Crippen LogP contribution is 2.37. The zero-order chi connectivity index (χ0) is 19.4. The normalized spacial score (nSPS) is 10.1. The summed E-state index contributed by atoms with van der Waals surface area (Å²) >= 11 is 6.12. The minimum Gasteiger partial charge on any atom is -0.506 e. The number of ether oxygens (including phenoxy) is 3. The van der Waals surface area contributed by atoms with Crippen molar-refractivity contribution in [3.05, 3.63) is 41.7 Å². The molecule has 3 aromatic rings. The molecule has 0 fully saturated rings. The van der Waals surface area contributed by atoms with Crippen LogP contribution in [0, 0.1) is 0 Å². The van der Waals surface area contributed by atoms with E-state index in [4.69, 9.17) is 21.1 Å². The van der Waals surface area contributed by atoms with E-state index in [-0.39, 0.29) is 29.8 Å². The maximum absolute atomic E-state index is 11.4. The van der Waals surface area contributed by atoms with E-state index in [1.54, 1.807) is 24.3 Å². The van der Waals surface area contributed by atoms with Crippen molar-refractivity contribution in [1.29, 1.82) is 0 Å². The molecule has 0 aliphatic carbocycles. The third-order valence-corrected chi connectivity index (χ3v) is 4.12. The highest BCUT2D eigenvalue weighted by atomic mass is 35.5. The lowest BCUT2D eigenvalue weighted by Crippen LogP contribution is -2.13. The molecule has 10 heteroatoms. The Bertz CT molecular complexity index is 1000. The maximum Gasteiger partial charge on any atom is 0.343 e. The van der Waals surface area contributed by atoms with Crippen molar-refractivity contribution in [2.45, 2.75) is 0 Å². The molecule has 28 heavy (non-hydrogen) atoms. The summed E-state index contributed by atoms with van der Waals surface area (Å²) in [6.07, 6.45) is 1.38. The van der Waals surface area contributed by atoms with Gasteiger partial charge in [-0.2, -0.15) is 0 Å². The Morgan fingerprint density at radius 3 is 2.71 bits per heavy atom. The summed E-state index contributed by atoms with van der Waals surface area (Å²) in [4.78, 5) is 19.8. The van der Waals surface area contributed by atoms with Gasteiger partial charge < -0.3 is 24.6 Å². The van der Waals surface area contributed by atoms with Crippen molar-refractivity contribution in [1.82, 2.24) is 9.97 Å². The number of esters is 1. The van der Waals surface area contributed by atoms with E-state index in [2.05, 4.69) is 20.0 Å². The second-order valence-corrected chi connectivity index (χ2v) is 5.75. The predicted molar refractivity (Wildman–Crippen MR) is 107 cm³/mol. The summed E-state index contributed by atoms with van der Waals surface area (Å²) in [5.41, 5.74) is 1.07. The van der Waals surface area contributed by atoms with Crippen molar-refractivity contribution >= 4 is 52.4 Å². The Morgan fingerprint density at radius 2 is 2.00 bits per heavy atom. The number of fused-ring (bicyclic) bond motifs is 1. The zero-order valence-corrected chi connectivity index (χ0v) is 16.5. The highest BCUT2D eigenvalue weighted by molar-refractivity contribution is 6.34. The number of hydrogen-bond acceptors (Lipinski definition) is 8. The number of carbonyl (C=O) groups excluding carboxylic acids is 1. The first-order valence-electron chi connectivity index (χ1n) is 7.80. The van der Waals surface area contributed by atoms with E-state index in [0.29, 0.717) is 33.9 Å². The molecule has 0 spiro atoms. The summed E-state index contributed by atoms with van der Waals surface area (Å²) in [7, 11) is 2.76. The fraction of sp³-hybridized carbons (Fsp3) is 0.167. The van der Waals surface area contributed by atoms with Crippen LogP contribution in [0.1, 0.15) is 0 Å². The number of methoxy groups -OCH3 is 2. The van der Waals surface area contributed by atoms with E-state index in [0.717, 1.165) is 0 Å². The first kappa shape index (κ1) is 21.3. The summed E-state index contributed by atoms with van der Waals surface area (Å²) in [6, 6.07) is 8.15. The SMILES string of the molecule is COC(=O)COc1cc2c(Nc3cccc(O)c3Cl)ncnc2cc1OC.Cl. The predicted octanol–water partition coefficient (Wildman–Crippen LogP) is 3.71. The topological polar surface area (TPSA) is 103 Å². The Morgan fingerprint density at radius 1 is 1.21 bits per heavy atom. The zero-order valence-electron chi connectivity index (χ0n) is 14.9. The molecule has 2 N–H and O–H groups in total. The fourth-order valence-corrected chi connectivity index (χ4v) is 2.55. The lowest BCUT2D eigenvalue weighted by atomic mass is 10.2. The largest absolute Gasteiger partial charge is 0.506 e. The lowest BCUT2D eigenvalue weighted by Gasteiger charge is -2.14. The van der Waals surface area contributed by atoms with Gasteiger partial charge in [-0.25, -0.2) is 14.8 Å². The van der Waals surface area contributed by atoms with E-state index in [9.17, 15) is 9.90 Å². The van der Waals surface area contributed by atoms with E-state index >= 15 is 0 Å². The molecule has 2 aromatic carbocycles. The van der Waals surface area contributed by atoms with Gasteiger partial charge in [-0.15, -0.1) is 12.4 Å². The molecule has 3 rings (SSSR count). The third-order valence-electron chi connectivity index (χ3n) is 3.73. The van der Waals surface area contributed by atoms with Gasteiger partial charge in [0.25, 0.3) is 0 Å². The van der Waals surface area contributed by atoms with Gasteiger partial charge in [-0.1, -0.05) is 17.7 Å². The molecule has 0 saturated heterocycles. The molecule has 8 nitrogen and oxygen atoms in total. The summed E-state index contributed by atoms with van der Waals surface area (Å²) in [5, 5.41) is 13.6. The molecule has 1 heterocycles. The van der Waals surface area contributed by atoms with Gasteiger partial charge in [0.15, 0.2) is 18.1 Å². The Labute approximate surface area is 171 Å². The van der Waals surface area contributed by atoms with Gasteiger partial charge in [-0.3, -0.25) is 0 Å². The van der Waals surface area contributed by atoms with Gasteiger partial charge in [0, 0.05) is 11.5 Å². The van der Waals surface area contributed by atoms with Gasteiger partial charge in [0.1, 0.15) is 22.9 Å². The number of aromatic nitrogens is 2. The van der Waals surface area contributed by atoms with Crippen LogP contribution in [0.2, 0.25) is 5.02 Å². The van der Waals surface area contributed by atoms with Crippen LogP contribution in [0.4, 0.5) is 11.5 Å². The Kier molecular flexibility index (Phi) is 7.08. The van der Waals surface area contributed by atoms with Crippen LogP contribution in [-0.4, -0.2) is 41.9 Å². The number of halogens is 2. The first-order valence-corrected chi connectivity index (χ1v) is 8.18. The third kappa shape index (κ3) is 4.47. The molecule has 0 radical (unpaired) electrons. The molecular formula is C18H17Cl2N3O5. The molecule has 0 aliphatic rings. The number of carbonyl (C=O) groups is 1. The standard InChI is InChI=1S/C18H16ClN3O5.ClH/c1-25-14-7-12-10(6-15(14)27-8-16(24)26-2)18(21-9-20-12)22-11-4-3-5-13(23)17(11)19;/h3-7,9,23H,8H2,1-2H3,(H,20,21,22);1H. The number of anilines is 2. The Hall–Kier alpha value is -2.97. The number of phenols is 1. The number of aromatic hydroxyl groups is 1. The summed E-state index contributed by atoms with van der Waals surface area (Å²) in [5.74, 6) is 0.606. The molecule has 0 amide bonds. The highest BCUT2D eigenvalue weighted by Gasteiger charge is 2.14. The fourth-order valence-electron chi connectivity index (χ4n) is 2.38. The van der Waals surface area contributed by atoms with E-state index < -0.39 is 5.97 Å². The van der Waals surface area contributed by atoms with Crippen LogP contribution >= 0.6 is 24.0 Å². The quantitative estimate of drug-likeness (QED) is 0.575. The van der Waals surface area contributed by atoms with Crippen LogP contribution in [0.5, 0.6) is 17.2 Å². The minimum absolute atomic E-state index is 0. The molecule has 0 saturated carbocycles. The van der Waals surface area contributed by atoms with Crippen molar-refractivity contribution in [3.63, 3.8) is 0 Å². The van der Waals surface area contributed by atoms with Crippen LogP contribution in [0.25, 0.3) is 10.9 Å². The van der Waals surface area contributed by atoms with Crippen molar-refractivity contribution < 1.29 is 24.1 Å². The molecule has 0 aliphatic heterocycles. The molecule has 0 atom stereocenters. The lowest BCUT2D eigenvalue weighted by molar-refractivity contribution is -0.142. The number of hydrogen-bond donors (Lipinski definition) is 2. The van der Waals surface area contributed by atoms with Gasteiger partial charge in [0.05, 0.1) is 25.4 Å². The van der Waals surface area contributed by atoms with Crippen molar-refractivity contribution in [2.75, 3.05) is 26.1 Å². The number of nitrogens with one attached hydrogen (secondary N) is 1. The smallest absolute Gasteiger partial charge is 0.343 e. The van der Waals surface area contributed by atoms with Crippen molar-refractivity contribution in [3.8, 4) is 17.2 Å². The van der Waals surface area contributed by atoms with E-state index in [1.807, 2.05) is 0 Å². The molecule has 0 bridgehead atoms. The van der Waals surface area contributed by atoms with Crippen LogP contribution < -0.4 is 14.8 Å². The maximum atomic E-state index is 11.4. The summed E-state index contributed by atoms with van der Waals surface area (Å²) < 4.78 is 15.4. The molecule has 1 aromatic heterocycles. The van der Waals surface area contributed by atoms with E-state index in [1.165, 1.54) is 26.6 Å². The summed E-state index contributed by atoms with van der Waals surface area (Å²) in [6.45, 7) is -0.271. The number of rotatable bonds is 6. The van der Waals surface area contributed by atoms with Crippen molar-refractivity contribution in [2.24, 2.45) is 0 Å². The average Bonchev–Trinajstić information content (AvgIpc) is 2.69. The molecular weight excluding hydrogens is 409 g/mol. The van der Waals surface area contributed by atoms with Crippen LogP contribution in [0.3, 0.4) is 0 Å². The number of phenolic OH excluding ortho intramolecular Hbond substituents is 1. The number of benzene rings is 2. The second-order valence-electron chi connectivity index (χ2n) is 5.37. The monoisotopic (exact) mass is 425 g/mol. The second kappa shape index (κ2) is 9.29. The molecule has 0 unspecified atom stereocenters. The first-order chi connectivity index (χ1) is 13.0. The van der Waals surface area contributed by atoms with Gasteiger partial charge in [0.2, 0.25) is 0 Å². The van der Waals surface area contributed by atoms with Gasteiger partial charge >= 0.3 is 5.97 Å². The number of nitrogens with zero attached hydrogens (tertiary/aromatic N) is 2.